The van der Waals surface area contributed by atoms with Gasteiger partial charge in [-0.1, -0.05) is 129 Å². The van der Waals surface area contributed by atoms with E-state index in [9.17, 15) is 5.11 Å². The van der Waals surface area contributed by atoms with E-state index in [0.717, 1.165) is 62.2 Å². The summed E-state index contributed by atoms with van der Waals surface area (Å²) in [6, 6.07) is 0. The monoisotopic (exact) mass is 1020 g/mol. The van der Waals surface area contributed by atoms with Crippen LogP contribution in [0.25, 0.3) is 0 Å². The molecule has 0 spiro atoms. The molecular formula is C49H93IO8Si3. The molecule has 0 aromatic rings. The molecule has 4 heterocycles. The van der Waals surface area contributed by atoms with Crippen LogP contribution in [0, 0.1) is 5.92 Å². The Hall–Kier alpha value is 0.541. The van der Waals surface area contributed by atoms with E-state index in [1.165, 1.54) is 5.57 Å². The highest BCUT2D eigenvalue weighted by molar-refractivity contribution is 14.1. The van der Waals surface area contributed by atoms with Crippen molar-refractivity contribution in [2.75, 3.05) is 4.43 Å². The van der Waals surface area contributed by atoms with Gasteiger partial charge in [-0.3, -0.25) is 0 Å². The molecule has 8 nitrogen and oxygen atoms in total. The van der Waals surface area contributed by atoms with Crippen molar-refractivity contribution in [3.8, 4) is 0 Å². The fourth-order valence-corrected chi connectivity index (χ4v) is 13.5. The van der Waals surface area contributed by atoms with Gasteiger partial charge in [-0.2, -0.15) is 0 Å². The SMILES string of the molecule is C=C(C)[C@H](C)CC1CC[C@@H]2O[C@@H](CCC(O)/C=C/[C@H](O[Si](C)(C)C(C)(C)C)[C@@H]3O[C@H]4CC[C@H](CCC)O[C@@H]4[C@H](O[Si](C)(C)C(C)(C)C)[C@@H]3O[Si](C)(C)C(C)(C)C)C[C@]2(CI)O1. The number of aliphatic hydroxyl groups excluding tert-OH is 1. The zero-order chi connectivity index (χ0) is 46.1. The molecule has 4 saturated heterocycles. The largest absolute Gasteiger partial charge is 0.408 e. The van der Waals surface area contributed by atoms with Crippen LogP contribution in [-0.4, -0.2) is 107 Å². The summed E-state index contributed by atoms with van der Waals surface area (Å²) in [5.74, 6) is 0.441. The average Bonchev–Trinajstić information content (AvgIpc) is 3.50. The van der Waals surface area contributed by atoms with Crippen molar-refractivity contribution < 1.29 is 37.3 Å². The molecule has 4 aliphatic rings. The molecule has 4 fully saturated rings. The number of ether oxygens (including phenoxy) is 4. The summed E-state index contributed by atoms with van der Waals surface area (Å²) in [6.07, 6.45) is 11.2. The molecule has 4 rings (SSSR count). The second-order valence-electron chi connectivity index (χ2n) is 24.2. The van der Waals surface area contributed by atoms with Crippen molar-refractivity contribution in [1.82, 2.24) is 0 Å². The van der Waals surface area contributed by atoms with Crippen molar-refractivity contribution in [2.45, 2.75) is 274 Å². The Morgan fingerprint density at radius 3 is 1.90 bits per heavy atom. The molecule has 1 N–H and O–H groups in total. The number of halogens is 1. The van der Waals surface area contributed by atoms with E-state index in [1.54, 1.807) is 0 Å². The van der Waals surface area contributed by atoms with Crippen LogP contribution < -0.4 is 0 Å². The Balaban J connectivity index is 1.68. The predicted octanol–water partition coefficient (Wildman–Crippen LogP) is 13.1. The molecule has 0 aliphatic carbocycles. The number of aliphatic hydroxyl groups is 1. The molecule has 2 unspecified atom stereocenters. The quantitative estimate of drug-likeness (QED) is 0.0629. The minimum absolute atomic E-state index is 0.00936. The number of hydrogen-bond donors (Lipinski definition) is 1. The highest BCUT2D eigenvalue weighted by Gasteiger charge is 2.58. The zero-order valence-corrected chi connectivity index (χ0v) is 47.4. The fourth-order valence-electron chi connectivity index (χ4n) is 8.71. The molecule has 0 aromatic heterocycles. The summed E-state index contributed by atoms with van der Waals surface area (Å²) < 4.78 is 51.6. The molecular weight excluding hydrogens is 928 g/mol. The molecule has 0 aromatic carbocycles. The van der Waals surface area contributed by atoms with Gasteiger partial charge in [0.05, 0.1) is 42.7 Å². The number of hydrogen-bond acceptors (Lipinski definition) is 8. The lowest BCUT2D eigenvalue weighted by molar-refractivity contribution is -0.267. The number of alkyl halides is 1. The molecule has 12 heteroatoms. The molecule has 0 amide bonds. The van der Waals surface area contributed by atoms with Crippen molar-refractivity contribution in [1.29, 1.82) is 0 Å². The van der Waals surface area contributed by atoms with Crippen molar-refractivity contribution in [2.24, 2.45) is 5.92 Å². The zero-order valence-electron chi connectivity index (χ0n) is 42.3. The summed E-state index contributed by atoms with van der Waals surface area (Å²) in [4.78, 5) is 0. The van der Waals surface area contributed by atoms with Gasteiger partial charge in [-0.25, -0.2) is 0 Å². The lowest BCUT2D eigenvalue weighted by Gasteiger charge is -2.56. The summed E-state index contributed by atoms with van der Waals surface area (Å²) in [5, 5.41) is 11.7. The van der Waals surface area contributed by atoms with Crippen LogP contribution in [0.15, 0.2) is 24.3 Å². The summed E-state index contributed by atoms with van der Waals surface area (Å²) >= 11 is 2.49. The average molecular weight is 1020 g/mol. The molecule has 4 aliphatic heterocycles. The standard InChI is InChI=1S/C49H93IO8Si3/c1-20-21-36-25-28-39-42(53-36)44(57-60(16,17)47(8,9)10)45(58-61(18,19)48(11,12)13)43(54-39)40(56-59(14,15)46(5,6)7)27-23-35(51)22-24-38-31-49(32-50)41(52-38)29-26-37(55-49)30-34(4)33(2)3/h23,27,34-45,51H,2,20-22,24-26,28-32H2,1,3-19H3/b27-23+/t34-,35?,36+,37?,38+,39+,40+,41+,42+,43+,44+,45-,49-/m1/s1. The maximum atomic E-state index is 11.8. The first-order valence-corrected chi connectivity index (χ1v) is 34.4. The Kier molecular flexibility index (Phi) is 18.5. The van der Waals surface area contributed by atoms with Crippen LogP contribution in [0.5, 0.6) is 0 Å². The first kappa shape index (κ1) is 54.1. The summed E-state index contributed by atoms with van der Waals surface area (Å²) in [5.41, 5.74) is 0.957. The smallest absolute Gasteiger partial charge is 0.193 e. The molecule has 0 radical (unpaired) electrons. The van der Waals surface area contributed by atoms with Gasteiger partial charge < -0.3 is 37.3 Å². The maximum absolute atomic E-state index is 11.8. The topological polar surface area (TPSA) is 84.8 Å². The minimum Gasteiger partial charge on any atom is -0.408 e. The third-order valence-electron chi connectivity index (χ3n) is 16.1. The molecule has 0 bridgehead atoms. The first-order chi connectivity index (χ1) is 27.9. The van der Waals surface area contributed by atoms with Crippen LogP contribution in [0.3, 0.4) is 0 Å². The number of allylic oxidation sites excluding steroid dienone is 1. The van der Waals surface area contributed by atoms with Gasteiger partial charge in [0.2, 0.25) is 0 Å². The van der Waals surface area contributed by atoms with Gasteiger partial charge in [0.25, 0.3) is 0 Å². The van der Waals surface area contributed by atoms with Crippen LogP contribution in [-0.2, 0) is 32.2 Å². The lowest BCUT2D eigenvalue weighted by atomic mass is 9.85. The van der Waals surface area contributed by atoms with Gasteiger partial charge in [0, 0.05) is 10.8 Å². The number of rotatable bonds is 18. The second kappa shape index (κ2) is 20.8. The maximum Gasteiger partial charge on any atom is 0.193 e. The third-order valence-corrected chi connectivity index (χ3v) is 30.8. The highest BCUT2D eigenvalue weighted by Crippen LogP contribution is 2.48. The van der Waals surface area contributed by atoms with Gasteiger partial charge in [0.1, 0.15) is 30.0 Å². The minimum atomic E-state index is -2.39. The van der Waals surface area contributed by atoms with E-state index in [2.05, 4.69) is 158 Å². The Bertz CT molecular complexity index is 1450. The third kappa shape index (κ3) is 13.4. The number of fused-ring (bicyclic) bond motifs is 2. The summed E-state index contributed by atoms with van der Waals surface area (Å²) in [7, 11) is -7.08. The van der Waals surface area contributed by atoms with E-state index in [0.29, 0.717) is 12.3 Å². The van der Waals surface area contributed by atoms with Crippen LogP contribution in [0.4, 0.5) is 0 Å². The van der Waals surface area contributed by atoms with Gasteiger partial charge in [-0.05, 0) is 119 Å². The Morgan fingerprint density at radius 1 is 0.787 bits per heavy atom. The summed E-state index contributed by atoms with van der Waals surface area (Å²) in [6.45, 7) is 45.5. The van der Waals surface area contributed by atoms with Gasteiger partial charge >= 0.3 is 0 Å². The molecule has 61 heavy (non-hydrogen) atoms. The van der Waals surface area contributed by atoms with Gasteiger partial charge in [-0.15, -0.1) is 0 Å². The normalized spacial score (nSPS) is 33.6. The molecule has 356 valence electrons. The van der Waals surface area contributed by atoms with E-state index >= 15 is 0 Å². The van der Waals surface area contributed by atoms with Crippen LogP contribution >= 0.6 is 22.6 Å². The first-order valence-electron chi connectivity index (χ1n) is 24.1. The highest BCUT2D eigenvalue weighted by atomic mass is 127. The Morgan fingerprint density at radius 2 is 1.36 bits per heavy atom. The fraction of sp³-hybridized carbons (Fsp3) is 0.918. The second-order valence-corrected chi connectivity index (χ2v) is 39.3. The van der Waals surface area contributed by atoms with Crippen molar-refractivity contribution in [3.05, 3.63) is 24.3 Å². The Labute approximate surface area is 391 Å². The van der Waals surface area contributed by atoms with Crippen LogP contribution in [0.2, 0.25) is 54.4 Å². The molecule has 13 atom stereocenters. The van der Waals surface area contributed by atoms with E-state index in [-0.39, 0.29) is 63.4 Å². The van der Waals surface area contributed by atoms with E-state index < -0.39 is 49.4 Å². The van der Waals surface area contributed by atoms with Crippen LogP contribution in [0.1, 0.15) is 147 Å². The lowest BCUT2D eigenvalue weighted by Crippen LogP contribution is -2.69. The predicted molar refractivity (Wildman–Crippen MR) is 270 cm³/mol. The van der Waals surface area contributed by atoms with E-state index in [1.807, 2.05) is 6.08 Å². The molecule has 0 saturated carbocycles. The van der Waals surface area contributed by atoms with Gasteiger partial charge in [0.15, 0.2) is 25.0 Å². The van der Waals surface area contributed by atoms with Crippen molar-refractivity contribution >= 4 is 47.5 Å². The van der Waals surface area contributed by atoms with E-state index in [4.69, 9.17) is 32.2 Å². The van der Waals surface area contributed by atoms with Crippen molar-refractivity contribution in [3.63, 3.8) is 0 Å².